The summed E-state index contributed by atoms with van der Waals surface area (Å²) in [6, 6.07) is 6.19. The quantitative estimate of drug-likeness (QED) is 0.911. The second-order valence-corrected chi connectivity index (χ2v) is 6.21. The van der Waals surface area contributed by atoms with E-state index in [1.54, 1.807) is 12.1 Å². The van der Waals surface area contributed by atoms with Crippen LogP contribution in [0.5, 0.6) is 0 Å². The summed E-state index contributed by atoms with van der Waals surface area (Å²) in [5.41, 5.74) is 1.69. The molecule has 0 aliphatic carbocycles. The largest absolute Gasteiger partial charge is 0.396 e. The molecule has 0 saturated carbocycles. The van der Waals surface area contributed by atoms with Crippen molar-refractivity contribution in [3.05, 3.63) is 40.4 Å². The lowest BCUT2D eigenvalue weighted by Crippen LogP contribution is -2.06. The van der Waals surface area contributed by atoms with E-state index in [2.05, 4.69) is 4.98 Å². The molecule has 0 aliphatic rings. The predicted molar refractivity (Wildman–Crippen MR) is 77.4 cm³/mol. The number of rotatable bonds is 4. The zero-order chi connectivity index (χ0) is 14.9. The third-order valence-electron chi connectivity index (χ3n) is 3.21. The van der Waals surface area contributed by atoms with Gasteiger partial charge in [-0.05, 0) is 6.92 Å². The standard InChI is InChI=1S/C15H17F2NOS/c1-9(8-19)13-10(2)20-14(18-13)11-4-6-12(7-5-11)15(3,16)17/h4-7,9,19H,8H2,1-3H3/t9-/m0/s1. The fourth-order valence-corrected chi connectivity index (χ4v) is 3.02. The van der Waals surface area contributed by atoms with Crippen molar-refractivity contribution in [3.63, 3.8) is 0 Å². The molecule has 1 atom stereocenters. The Morgan fingerprint density at radius 1 is 1.30 bits per heavy atom. The number of aliphatic hydroxyl groups is 1. The summed E-state index contributed by atoms with van der Waals surface area (Å²) in [4.78, 5) is 5.56. The smallest absolute Gasteiger partial charge is 0.270 e. The monoisotopic (exact) mass is 297 g/mol. The first kappa shape index (κ1) is 15.1. The summed E-state index contributed by atoms with van der Waals surface area (Å²) >= 11 is 1.51. The lowest BCUT2D eigenvalue weighted by atomic mass is 10.1. The number of benzene rings is 1. The number of alkyl halides is 2. The molecule has 0 aliphatic heterocycles. The number of hydrogen-bond acceptors (Lipinski definition) is 3. The third-order valence-corrected chi connectivity index (χ3v) is 4.25. The average molecular weight is 297 g/mol. The molecule has 0 bridgehead atoms. The van der Waals surface area contributed by atoms with Gasteiger partial charge in [0.2, 0.25) is 0 Å². The molecule has 0 amide bonds. The minimum absolute atomic E-state index is 0.00141. The molecular weight excluding hydrogens is 280 g/mol. The van der Waals surface area contributed by atoms with Gasteiger partial charge in [0.05, 0.1) is 12.3 Å². The van der Waals surface area contributed by atoms with Crippen molar-refractivity contribution < 1.29 is 13.9 Å². The Morgan fingerprint density at radius 2 is 1.90 bits per heavy atom. The second kappa shape index (κ2) is 5.58. The van der Waals surface area contributed by atoms with Gasteiger partial charge in [0.15, 0.2) is 0 Å². The maximum absolute atomic E-state index is 13.2. The lowest BCUT2D eigenvalue weighted by molar-refractivity contribution is 0.0175. The Kier molecular flexibility index (Phi) is 4.20. The Balaban J connectivity index is 2.33. The zero-order valence-corrected chi connectivity index (χ0v) is 12.5. The fourth-order valence-electron chi connectivity index (χ4n) is 1.98. The van der Waals surface area contributed by atoms with Crippen LogP contribution in [0.15, 0.2) is 24.3 Å². The summed E-state index contributed by atoms with van der Waals surface area (Å²) in [5, 5.41) is 9.99. The molecule has 0 spiro atoms. The first-order valence-electron chi connectivity index (χ1n) is 6.40. The number of aliphatic hydroxyl groups excluding tert-OH is 1. The maximum Gasteiger partial charge on any atom is 0.270 e. The molecule has 2 nitrogen and oxygen atoms in total. The molecule has 0 unspecified atom stereocenters. The van der Waals surface area contributed by atoms with Crippen LogP contribution >= 0.6 is 11.3 Å². The van der Waals surface area contributed by atoms with Crippen molar-refractivity contribution in [2.75, 3.05) is 6.61 Å². The van der Waals surface area contributed by atoms with Crippen LogP contribution in [0.3, 0.4) is 0 Å². The Bertz CT molecular complexity index is 587. The molecule has 0 radical (unpaired) electrons. The minimum atomic E-state index is -2.83. The molecule has 1 heterocycles. The summed E-state index contributed by atoms with van der Waals surface area (Å²) < 4.78 is 26.3. The van der Waals surface area contributed by atoms with Gasteiger partial charge in [0, 0.05) is 28.8 Å². The fraction of sp³-hybridized carbons (Fsp3) is 0.400. The molecule has 20 heavy (non-hydrogen) atoms. The number of nitrogens with zero attached hydrogens (tertiary/aromatic N) is 1. The molecule has 2 aromatic rings. The van der Waals surface area contributed by atoms with Gasteiger partial charge in [-0.15, -0.1) is 11.3 Å². The SMILES string of the molecule is Cc1sc(-c2ccc(C(C)(F)F)cc2)nc1[C@@H](C)CO. The van der Waals surface area contributed by atoms with Crippen LogP contribution in [0.1, 0.15) is 35.9 Å². The average Bonchev–Trinajstić information content (AvgIpc) is 2.79. The first-order valence-corrected chi connectivity index (χ1v) is 7.21. The highest BCUT2D eigenvalue weighted by molar-refractivity contribution is 7.15. The molecule has 0 saturated heterocycles. The third kappa shape index (κ3) is 3.04. The topological polar surface area (TPSA) is 33.1 Å². The molecule has 1 aromatic carbocycles. The normalized spacial score (nSPS) is 13.5. The van der Waals surface area contributed by atoms with Crippen molar-refractivity contribution in [3.8, 4) is 10.6 Å². The molecule has 2 rings (SSSR count). The number of thiazole rings is 1. The van der Waals surface area contributed by atoms with E-state index in [4.69, 9.17) is 0 Å². The van der Waals surface area contributed by atoms with Crippen LogP contribution in [-0.2, 0) is 5.92 Å². The predicted octanol–water partition coefficient (Wildman–Crippen LogP) is 4.33. The zero-order valence-electron chi connectivity index (χ0n) is 11.7. The molecule has 1 aromatic heterocycles. The molecular formula is C15H17F2NOS. The summed E-state index contributed by atoms with van der Waals surface area (Å²) in [6.07, 6.45) is 0. The summed E-state index contributed by atoms with van der Waals surface area (Å²) in [5.74, 6) is -2.84. The Labute approximate surface area is 121 Å². The summed E-state index contributed by atoms with van der Waals surface area (Å²) in [7, 11) is 0. The van der Waals surface area contributed by atoms with Crippen molar-refractivity contribution in [1.29, 1.82) is 0 Å². The van der Waals surface area contributed by atoms with Crippen molar-refractivity contribution >= 4 is 11.3 Å². The Morgan fingerprint density at radius 3 is 2.40 bits per heavy atom. The number of aryl methyl sites for hydroxylation is 1. The molecule has 5 heteroatoms. The second-order valence-electron chi connectivity index (χ2n) is 5.01. The molecule has 108 valence electrons. The van der Waals surface area contributed by atoms with Crippen LogP contribution in [-0.4, -0.2) is 16.7 Å². The number of hydrogen-bond donors (Lipinski definition) is 1. The van der Waals surface area contributed by atoms with Gasteiger partial charge in [0.1, 0.15) is 5.01 Å². The lowest BCUT2D eigenvalue weighted by Gasteiger charge is -2.10. The maximum atomic E-state index is 13.2. The molecule has 0 fully saturated rings. The van der Waals surface area contributed by atoms with Gasteiger partial charge < -0.3 is 5.11 Å². The van der Waals surface area contributed by atoms with Gasteiger partial charge in [-0.25, -0.2) is 13.8 Å². The van der Waals surface area contributed by atoms with Crippen LogP contribution < -0.4 is 0 Å². The van der Waals surface area contributed by atoms with E-state index in [9.17, 15) is 13.9 Å². The summed E-state index contributed by atoms with van der Waals surface area (Å²) in [6.45, 7) is 4.80. The van der Waals surface area contributed by atoms with Crippen molar-refractivity contribution in [1.82, 2.24) is 4.98 Å². The van der Waals surface area contributed by atoms with Gasteiger partial charge >= 0.3 is 0 Å². The first-order chi connectivity index (χ1) is 9.32. The van der Waals surface area contributed by atoms with E-state index in [0.717, 1.165) is 28.1 Å². The highest BCUT2D eigenvalue weighted by Gasteiger charge is 2.24. The van der Waals surface area contributed by atoms with Crippen LogP contribution in [0.2, 0.25) is 0 Å². The number of halogens is 2. The highest BCUT2D eigenvalue weighted by Crippen LogP contribution is 2.33. The van der Waals surface area contributed by atoms with Crippen molar-refractivity contribution in [2.24, 2.45) is 0 Å². The van der Waals surface area contributed by atoms with Gasteiger partial charge in [-0.2, -0.15) is 0 Å². The minimum Gasteiger partial charge on any atom is -0.396 e. The van der Waals surface area contributed by atoms with Crippen molar-refractivity contribution in [2.45, 2.75) is 32.6 Å². The number of aromatic nitrogens is 1. The van der Waals surface area contributed by atoms with E-state index < -0.39 is 5.92 Å². The van der Waals surface area contributed by atoms with Crippen LogP contribution in [0, 0.1) is 6.92 Å². The molecule has 1 N–H and O–H groups in total. The highest BCUT2D eigenvalue weighted by atomic mass is 32.1. The van der Waals surface area contributed by atoms with Gasteiger partial charge in [-0.3, -0.25) is 0 Å². The van der Waals surface area contributed by atoms with E-state index in [1.807, 2.05) is 13.8 Å². The van der Waals surface area contributed by atoms with E-state index in [-0.39, 0.29) is 18.1 Å². The van der Waals surface area contributed by atoms with Gasteiger partial charge in [-0.1, -0.05) is 31.2 Å². The van der Waals surface area contributed by atoms with Crippen LogP contribution in [0.25, 0.3) is 10.6 Å². The van der Waals surface area contributed by atoms with E-state index in [1.165, 1.54) is 23.5 Å². The van der Waals surface area contributed by atoms with E-state index >= 15 is 0 Å². The van der Waals surface area contributed by atoms with E-state index in [0.29, 0.717) is 0 Å². The Hall–Kier alpha value is -1.33. The van der Waals surface area contributed by atoms with Crippen LogP contribution in [0.4, 0.5) is 8.78 Å². The van der Waals surface area contributed by atoms with Gasteiger partial charge in [0.25, 0.3) is 5.92 Å².